The van der Waals surface area contributed by atoms with Gasteiger partial charge in [0.05, 0.1) is 11.1 Å². The second-order valence-electron chi connectivity index (χ2n) is 22.6. The molecule has 0 N–H and O–H groups in total. The van der Waals surface area contributed by atoms with Crippen molar-refractivity contribution < 1.29 is 0 Å². The second kappa shape index (κ2) is 18.4. The molecule has 0 heterocycles. The first-order chi connectivity index (χ1) is 38.4. The number of nitrogens with zero attached hydrogens (tertiary/aromatic N) is 2. The summed E-state index contributed by atoms with van der Waals surface area (Å²) in [4.78, 5) is 4.96. The third kappa shape index (κ3) is 7.16. The Balaban J connectivity index is 0.998. The molecular formula is C76H60N2. The van der Waals surface area contributed by atoms with Gasteiger partial charge >= 0.3 is 0 Å². The van der Waals surface area contributed by atoms with Gasteiger partial charge in [-0.25, -0.2) is 0 Å². The monoisotopic (exact) mass is 1000 g/mol. The van der Waals surface area contributed by atoms with Crippen molar-refractivity contribution in [2.45, 2.75) is 62.7 Å². The Morgan fingerprint density at radius 1 is 0.295 bits per heavy atom. The Morgan fingerprint density at radius 2 is 0.769 bits per heavy atom. The molecule has 1 fully saturated rings. The fraction of sp³-hybridized carbons (Fsp3) is 0.132. The standard InChI is InChI=1S/C76H60N2/c1-75(2)68-34-20-18-32-61(68)66-47-59(42-45-69(66)75)77(56-26-12-5-13-27-56)60-41-43-63-65-46-55(53-38-36-52(37-39-53)51-22-8-3-9-23-51)40-44-71(65)76(72(63)48-60)70-35-21-19-33-62(70)67-49-64(54-24-10-4-11-25-54)74(50-73(67)76)78(57-28-14-6-15-29-57)58-30-16-7-17-31-58/h4-7,10-21,24-51H,3,8-9,22-23H2,1-2H3. The van der Waals surface area contributed by atoms with Gasteiger partial charge in [-0.2, -0.15) is 0 Å². The zero-order valence-electron chi connectivity index (χ0n) is 44.3. The van der Waals surface area contributed by atoms with Gasteiger partial charge in [-0.15, -0.1) is 0 Å². The summed E-state index contributed by atoms with van der Waals surface area (Å²) in [7, 11) is 0. The molecule has 374 valence electrons. The number of rotatable bonds is 9. The lowest BCUT2D eigenvalue weighted by Gasteiger charge is -2.34. The molecule has 15 rings (SSSR count). The van der Waals surface area contributed by atoms with Gasteiger partial charge in [-0.05, 0) is 187 Å². The Kier molecular flexibility index (Phi) is 10.9. The Labute approximate surface area is 459 Å². The fourth-order valence-corrected chi connectivity index (χ4v) is 14.4. The summed E-state index contributed by atoms with van der Waals surface area (Å²) in [5.41, 5.74) is 28.0. The normalized spacial score (nSPS) is 16.2. The maximum atomic E-state index is 2.57. The molecule has 11 aromatic rings. The molecule has 11 aromatic carbocycles. The minimum absolute atomic E-state index is 0.0941. The number of benzene rings is 11. The quantitative estimate of drug-likeness (QED) is 0.142. The second-order valence-corrected chi connectivity index (χ2v) is 22.6. The van der Waals surface area contributed by atoms with E-state index in [4.69, 9.17) is 0 Å². The van der Waals surface area contributed by atoms with Crippen LogP contribution in [-0.4, -0.2) is 0 Å². The lowest BCUT2D eigenvalue weighted by Crippen LogP contribution is -2.26. The maximum absolute atomic E-state index is 2.57. The molecule has 2 heteroatoms. The van der Waals surface area contributed by atoms with E-state index >= 15 is 0 Å². The number of para-hydroxylation sites is 3. The van der Waals surface area contributed by atoms with Crippen molar-refractivity contribution in [2.24, 2.45) is 0 Å². The van der Waals surface area contributed by atoms with Crippen LogP contribution in [0.2, 0.25) is 0 Å². The van der Waals surface area contributed by atoms with E-state index in [9.17, 15) is 0 Å². The highest BCUT2D eigenvalue weighted by molar-refractivity contribution is 6.01. The summed E-state index contributed by atoms with van der Waals surface area (Å²) in [5.74, 6) is 0.665. The first kappa shape index (κ1) is 46.3. The van der Waals surface area contributed by atoms with Crippen molar-refractivity contribution in [3.8, 4) is 55.6 Å². The van der Waals surface area contributed by atoms with Gasteiger partial charge in [0.25, 0.3) is 0 Å². The van der Waals surface area contributed by atoms with Gasteiger partial charge in [0, 0.05) is 39.4 Å². The van der Waals surface area contributed by atoms with Gasteiger partial charge in [-0.1, -0.05) is 215 Å². The molecule has 1 saturated carbocycles. The van der Waals surface area contributed by atoms with Gasteiger partial charge in [0.2, 0.25) is 0 Å². The summed E-state index contributed by atoms with van der Waals surface area (Å²) < 4.78 is 0. The molecule has 2 nitrogen and oxygen atoms in total. The average molecular weight is 1000 g/mol. The van der Waals surface area contributed by atoms with Crippen molar-refractivity contribution in [3.05, 3.63) is 300 Å². The molecule has 4 aliphatic carbocycles. The molecule has 0 aliphatic heterocycles. The molecule has 4 aliphatic rings. The topological polar surface area (TPSA) is 6.48 Å². The summed E-state index contributed by atoms with van der Waals surface area (Å²) in [6.07, 6.45) is 6.63. The van der Waals surface area contributed by atoms with E-state index in [0.717, 1.165) is 34.1 Å². The zero-order chi connectivity index (χ0) is 52.0. The smallest absolute Gasteiger partial charge is 0.0727 e. The van der Waals surface area contributed by atoms with Gasteiger partial charge in [-0.3, -0.25) is 0 Å². The summed E-state index contributed by atoms with van der Waals surface area (Å²) in [6.45, 7) is 4.73. The molecule has 0 amide bonds. The summed E-state index contributed by atoms with van der Waals surface area (Å²) in [5, 5.41) is 0. The van der Waals surface area contributed by atoms with Crippen molar-refractivity contribution in [3.63, 3.8) is 0 Å². The number of hydrogen-bond acceptors (Lipinski definition) is 2. The molecule has 78 heavy (non-hydrogen) atoms. The highest BCUT2D eigenvalue weighted by atomic mass is 15.1. The van der Waals surface area contributed by atoms with Crippen LogP contribution in [0, 0.1) is 0 Å². The van der Waals surface area contributed by atoms with Crippen LogP contribution in [0.15, 0.2) is 261 Å². The molecule has 0 bridgehead atoms. The zero-order valence-corrected chi connectivity index (χ0v) is 44.3. The summed E-state index contributed by atoms with van der Waals surface area (Å²) >= 11 is 0. The first-order valence-electron chi connectivity index (χ1n) is 28.2. The Bertz CT molecular complexity index is 4040. The van der Waals surface area contributed by atoms with Crippen molar-refractivity contribution in [1.29, 1.82) is 0 Å². The van der Waals surface area contributed by atoms with Crippen LogP contribution in [-0.2, 0) is 10.8 Å². The van der Waals surface area contributed by atoms with Crippen LogP contribution in [0.5, 0.6) is 0 Å². The SMILES string of the molecule is CC1(C)c2ccccc2-c2cc(N(c3ccccc3)c3ccc4c(c3)C3(c5ccccc5-c5cc(-c6ccccc6)c(N(c6ccccc6)c6ccccc6)cc53)c3ccc(-c5ccc(C6CCCCC6)cc5)cc3-4)ccc21. The lowest BCUT2D eigenvalue weighted by molar-refractivity contribution is 0.443. The number of anilines is 6. The number of fused-ring (bicyclic) bond motifs is 13. The van der Waals surface area contributed by atoms with Gasteiger partial charge in [0.1, 0.15) is 0 Å². The number of hydrogen-bond donors (Lipinski definition) is 0. The van der Waals surface area contributed by atoms with Crippen LogP contribution in [0.1, 0.15) is 90.8 Å². The van der Waals surface area contributed by atoms with E-state index in [-0.39, 0.29) is 5.41 Å². The fourth-order valence-electron chi connectivity index (χ4n) is 14.4. The predicted octanol–water partition coefficient (Wildman–Crippen LogP) is 20.7. The van der Waals surface area contributed by atoms with Crippen LogP contribution >= 0.6 is 0 Å². The van der Waals surface area contributed by atoms with E-state index in [1.807, 2.05) is 0 Å². The van der Waals surface area contributed by atoms with Crippen LogP contribution in [0.3, 0.4) is 0 Å². The average Bonchev–Trinajstić information content (AvgIpc) is 2.76. The van der Waals surface area contributed by atoms with Crippen LogP contribution in [0.4, 0.5) is 34.1 Å². The highest BCUT2D eigenvalue weighted by Crippen LogP contribution is 2.65. The lowest BCUT2D eigenvalue weighted by atomic mass is 9.70. The Morgan fingerprint density at radius 3 is 1.45 bits per heavy atom. The molecule has 0 radical (unpaired) electrons. The molecule has 1 unspecified atom stereocenters. The maximum Gasteiger partial charge on any atom is 0.0727 e. The summed E-state index contributed by atoms with van der Waals surface area (Å²) in [6, 6.07) is 98.7. The minimum Gasteiger partial charge on any atom is -0.310 e. The third-order valence-electron chi connectivity index (χ3n) is 18.1. The van der Waals surface area contributed by atoms with Crippen molar-refractivity contribution in [2.75, 3.05) is 9.80 Å². The minimum atomic E-state index is -0.664. The predicted molar refractivity (Wildman–Crippen MR) is 326 cm³/mol. The highest BCUT2D eigenvalue weighted by Gasteiger charge is 2.53. The Hall–Kier alpha value is -8.98. The van der Waals surface area contributed by atoms with Crippen LogP contribution < -0.4 is 9.80 Å². The van der Waals surface area contributed by atoms with E-state index in [0.29, 0.717) is 5.92 Å². The largest absolute Gasteiger partial charge is 0.310 e. The molecule has 1 atom stereocenters. The molecule has 0 aromatic heterocycles. The van der Waals surface area contributed by atoms with E-state index in [1.54, 1.807) is 0 Å². The van der Waals surface area contributed by atoms with Crippen LogP contribution in [0.25, 0.3) is 55.6 Å². The van der Waals surface area contributed by atoms with E-state index in [1.165, 1.54) is 127 Å². The van der Waals surface area contributed by atoms with E-state index < -0.39 is 5.41 Å². The van der Waals surface area contributed by atoms with E-state index in [2.05, 4.69) is 285 Å². The third-order valence-corrected chi connectivity index (χ3v) is 18.1. The van der Waals surface area contributed by atoms with Crippen molar-refractivity contribution >= 4 is 34.1 Å². The van der Waals surface area contributed by atoms with Crippen molar-refractivity contribution in [1.82, 2.24) is 0 Å². The van der Waals surface area contributed by atoms with Gasteiger partial charge in [0.15, 0.2) is 0 Å². The molecule has 0 saturated heterocycles. The first-order valence-corrected chi connectivity index (χ1v) is 28.2. The van der Waals surface area contributed by atoms with Gasteiger partial charge < -0.3 is 9.80 Å². The molecule has 1 spiro atoms. The molecular weight excluding hydrogens is 941 g/mol.